The van der Waals surface area contributed by atoms with E-state index in [4.69, 9.17) is 14.2 Å². The Morgan fingerprint density at radius 3 is 2.76 bits per heavy atom. The van der Waals surface area contributed by atoms with Crippen LogP contribution in [0.2, 0.25) is 0 Å². The van der Waals surface area contributed by atoms with Gasteiger partial charge in [-0.1, -0.05) is 0 Å². The van der Waals surface area contributed by atoms with Gasteiger partial charge in [0.1, 0.15) is 31.2 Å². The highest BCUT2D eigenvalue weighted by atomic mass is 16.6. The Kier molecular flexibility index (Phi) is 6.34. The standard InChI is InChI=1S/C23H30N6O8/c30-17-13(7-36-23(34)28-15-11-2-1-10(5-11)14(15)22(32)33)37-21(18(17)31)29-9-26-16-19(24-8-25-20(16)29)27-12-3-4-35-6-12/h8-15,17-18,21,30-31H,1-7H2,(H,28,34)(H,32,33)(H,24,25,27)/t10?,11?,12-,13?,14+,15-,17?,18-,21?/m1/s1. The van der Waals surface area contributed by atoms with E-state index in [1.165, 1.54) is 17.2 Å². The number of ether oxygens (including phenoxy) is 3. The van der Waals surface area contributed by atoms with Crippen molar-refractivity contribution in [2.75, 3.05) is 25.1 Å². The van der Waals surface area contributed by atoms with Gasteiger partial charge in [-0.05, 0) is 37.5 Å². The smallest absolute Gasteiger partial charge is 0.407 e. The SMILES string of the molecule is O=C(N[C@@H]1C2CCC(C2)[C@@H]1C(=O)O)OCC1OC(n2cnc3c(N[C@@H]4CCOC4)ncnc32)[C@H](O)C1O. The molecule has 2 saturated heterocycles. The Hall–Kier alpha value is -3.07. The molecule has 0 aromatic carbocycles. The van der Waals surface area contributed by atoms with Crippen LogP contribution in [0.1, 0.15) is 31.9 Å². The molecule has 4 fully saturated rings. The van der Waals surface area contributed by atoms with E-state index in [9.17, 15) is 24.9 Å². The third-order valence-electron chi connectivity index (χ3n) is 8.11. The van der Waals surface area contributed by atoms with Gasteiger partial charge in [0.15, 0.2) is 23.2 Å². The van der Waals surface area contributed by atoms with Crippen LogP contribution in [0, 0.1) is 17.8 Å². The third-order valence-corrected chi connectivity index (χ3v) is 8.11. The maximum Gasteiger partial charge on any atom is 0.407 e. The van der Waals surface area contributed by atoms with E-state index >= 15 is 0 Å². The number of imidazole rings is 1. The number of nitrogens with one attached hydrogen (secondary N) is 2. The van der Waals surface area contributed by atoms with Gasteiger partial charge in [0.25, 0.3) is 0 Å². The normalized spacial score (nSPS) is 36.8. The van der Waals surface area contributed by atoms with Crippen LogP contribution in [0.15, 0.2) is 12.7 Å². The van der Waals surface area contributed by atoms with Gasteiger partial charge in [-0.2, -0.15) is 0 Å². The predicted octanol–water partition coefficient (Wildman–Crippen LogP) is -0.128. The van der Waals surface area contributed by atoms with E-state index in [0.29, 0.717) is 30.2 Å². The average Bonchev–Trinajstić information content (AvgIpc) is 3.69. The van der Waals surface area contributed by atoms with Crippen LogP contribution in [0.5, 0.6) is 0 Å². The Morgan fingerprint density at radius 1 is 1.14 bits per heavy atom. The van der Waals surface area contributed by atoms with Gasteiger partial charge < -0.3 is 40.2 Å². The summed E-state index contributed by atoms with van der Waals surface area (Å²) >= 11 is 0. The van der Waals surface area contributed by atoms with Crippen molar-refractivity contribution >= 4 is 29.0 Å². The molecule has 2 saturated carbocycles. The molecule has 5 unspecified atom stereocenters. The lowest BCUT2D eigenvalue weighted by atomic mass is 9.84. The minimum atomic E-state index is -1.33. The summed E-state index contributed by atoms with van der Waals surface area (Å²) < 4.78 is 18.0. The van der Waals surface area contributed by atoms with E-state index < -0.39 is 48.6 Å². The second-order valence-electron chi connectivity index (χ2n) is 10.3. The zero-order valence-electron chi connectivity index (χ0n) is 20.0. The number of hydrogen-bond donors (Lipinski definition) is 5. The van der Waals surface area contributed by atoms with Crippen molar-refractivity contribution in [3.05, 3.63) is 12.7 Å². The van der Waals surface area contributed by atoms with Crippen molar-refractivity contribution in [2.24, 2.45) is 17.8 Å². The Labute approximate surface area is 211 Å². The molecule has 2 bridgehead atoms. The second kappa shape index (κ2) is 9.67. The van der Waals surface area contributed by atoms with Gasteiger partial charge >= 0.3 is 12.1 Å². The molecule has 37 heavy (non-hydrogen) atoms. The predicted molar refractivity (Wildman–Crippen MR) is 124 cm³/mol. The van der Waals surface area contributed by atoms with Crippen LogP contribution in [-0.4, -0.2) is 97.1 Å². The number of fused-ring (bicyclic) bond motifs is 3. The maximum absolute atomic E-state index is 12.5. The molecule has 4 aliphatic rings. The summed E-state index contributed by atoms with van der Waals surface area (Å²) in [6, 6.07) is -0.372. The van der Waals surface area contributed by atoms with Crippen molar-refractivity contribution in [3.63, 3.8) is 0 Å². The summed E-state index contributed by atoms with van der Waals surface area (Å²) in [6.45, 7) is 0.913. The quantitative estimate of drug-likeness (QED) is 0.327. The van der Waals surface area contributed by atoms with Crippen LogP contribution in [0.25, 0.3) is 11.2 Å². The van der Waals surface area contributed by atoms with E-state index in [0.717, 1.165) is 25.7 Å². The number of amides is 1. The van der Waals surface area contributed by atoms with Gasteiger partial charge in [-0.25, -0.2) is 19.7 Å². The lowest BCUT2D eigenvalue weighted by Gasteiger charge is -2.28. The number of aliphatic hydroxyl groups excluding tert-OH is 2. The van der Waals surface area contributed by atoms with Crippen molar-refractivity contribution < 1.29 is 39.1 Å². The summed E-state index contributed by atoms with van der Waals surface area (Å²) in [7, 11) is 0. The topological polar surface area (TPSA) is 190 Å². The lowest BCUT2D eigenvalue weighted by Crippen LogP contribution is -2.47. The molecule has 5 N–H and O–H groups in total. The van der Waals surface area contributed by atoms with Gasteiger partial charge in [0.2, 0.25) is 0 Å². The Balaban J connectivity index is 1.10. The first kappa shape index (κ1) is 24.3. The number of carbonyl (C=O) groups is 2. The summed E-state index contributed by atoms with van der Waals surface area (Å²) in [5.41, 5.74) is 0.889. The van der Waals surface area contributed by atoms with Crippen molar-refractivity contribution in [2.45, 2.75) is 62.3 Å². The van der Waals surface area contributed by atoms with Gasteiger partial charge in [-0.3, -0.25) is 9.36 Å². The molecule has 200 valence electrons. The first-order chi connectivity index (χ1) is 17.9. The number of rotatable bonds is 7. The fraction of sp³-hybridized carbons (Fsp3) is 0.696. The van der Waals surface area contributed by atoms with Gasteiger partial charge in [0.05, 0.1) is 24.9 Å². The molecule has 2 aliphatic heterocycles. The molecule has 2 aromatic heterocycles. The second-order valence-corrected chi connectivity index (χ2v) is 10.3. The summed E-state index contributed by atoms with van der Waals surface area (Å²) in [4.78, 5) is 37.1. The van der Waals surface area contributed by atoms with Crippen LogP contribution in [-0.2, 0) is 19.0 Å². The number of anilines is 1. The molecule has 4 heterocycles. The number of aliphatic hydroxyl groups is 2. The zero-order valence-corrected chi connectivity index (χ0v) is 20.0. The zero-order chi connectivity index (χ0) is 25.7. The monoisotopic (exact) mass is 518 g/mol. The number of nitrogens with zero attached hydrogens (tertiary/aromatic N) is 4. The minimum Gasteiger partial charge on any atom is -0.481 e. The number of aromatic nitrogens is 4. The fourth-order valence-electron chi connectivity index (χ4n) is 6.27. The molecule has 2 aromatic rings. The molecule has 0 spiro atoms. The fourth-order valence-corrected chi connectivity index (χ4v) is 6.27. The highest BCUT2D eigenvalue weighted by molar-refractivity contribution is 5.83. The molecular formula is C23H30N6O8. The molecular weight excluding hydrogens is 488 g/mol. The van der Waals surface area contributed by atoms with Crippen LogP contribution in [0.3, 0.4) is 0 Å². The lowest BCUT2D eigenvalue weighted by molar-refractivity contribution is -0.144. The van der Waals surface area contributed by atoms with E-state index in [1.54, 1.807) is 0 Å². The first-order valence-corrected chi connectivity index (χ1v) is 12.6. The van der Waals surface area contributed by atoms with Crippen LogP contribution in [0.4, 0.5) is 10.6 Å². The highest BCUT2D eigenvalue weighted by Crippen LogP contribution is 2.48. The summed E-state index contributed by atoms with van der Waals surface area (Å²) in [5.74, 6) is -0.814. The number of carbonyl (C=O) groups excluding carboxylic acids is 1. The maximum atomic E-state index is 12.5. The van der Waals surface area contributed by atoms with Gasteiger partial charge in [-0.15, -0.1) is 0 Å². The average molecular weight is 519 g/mol. The molecule has 6 rings (SSSR count). The van der Waals surface area contributed by atoms with E-state index in [1.807, 2.05) is 0 Å². The van der Waals surface area contributed by atoms with E-state index in [2.05, 4.69) is 25.6 Å². The van der Waals surface area contributed by atoms with Gasteiger partial charge in [0, 0.05) is 12.6 Å². The Morgan fingerprint density at radius 2 is 1.97 bits per heavy atom. The molecule has 14 heteroatoms. The number of hydrogen-bond acceptors (Lipinski definition) is 11. The molecule has 9 atom stereocenters. The molecule has 0 radical (unpaired) electrons. The third kappa shape index (κ3) is 4.37. The molecule has 1 amide bonds. The highest BCUT2D eigenvalue weighted by Gasteiger charge is 2.52. The number of carboxylic acid groups (broad SMARTS) is 1. The largest absolute Gasteiger partial charge is 0.481 e. The summed E-state index contributed by atoms with van der Waals surface area (Å²) in [5, 5.41) is 36.8. The number of aliphatic carboxylic acids is 1. The molecule has 2 aliphatic carbocycles. The van der Waals surface area contributed by atoms with Crippen molar-refractivity contribution in [1.82, 2.24) is 24.8 Å². The minimum absolute atomic E-state index is 0.0692. The van der Waals surface area contributed by atoms with Crippen LogP contribution < -0.4 is 10.6 Å². The number of alkyl carbamates (subject to hydrolysis) is 1. The Bertz CT molecular complexity index is 1170. The first-order valence-electron chi connectivity index (χ1n) is 12.6. The summed E-state index contributed by atoms with van der Waals surface area (Å²) in [6.07, 6.45) is 0.739. The molecule has 14 nitrogen and oxygen atoms in total. The number of carboxylic acids is 1. The van der Waals surface area contributed by atoms with Crippen molar-refractivity contribution in [3.8, 4) is 0 Å². The van der Waals surface area contributed by atoms with Crippen molar-refractivity contribution in [1.29, 1.82) is 0 Å². The van der Waals surface area contributed by atoms with E-state index in [-0.39, 0.29) is 24.5 Å². The van der Waals surface area contributed by atoms with Crippen LogP contribution >= 0.6 is 0 Å².